The molecule has 0 saturated heterocycles. The minimum atomic E-state index is -0.839. The Morgan fingerprint density at radius 3 is 0.939 bits per heavy atom. The maximum atomic E-state index is 14.3. The third kappa shape index (κ3) is 17.7. The summed E-state index contributed by atoms with van der Waals surface area (Å²) in [5.41, 5.74) is 3.31. The van der Waals surface area contributed by atoms with Crippen LogP contribution in [0.4, 0.5) is 0 Å². The number of nitrogens with zero attached hydrogens (tertiary/aromatic N) is 10. The number of oxazole rings is 4. The molecule has 0 unspecified atom stereocenters. The van der Waals surface area contributed by atoms with E-state index in [2.05, 4.69) is 70.9 Å². The van der Waals surface area contributed by atoms with E-state index < -0.39 is 47.8 Å². The minimum Gasteiger partial charge on any atom is -0.446 e. The molecule has 0 radical (unpaired) electrons. The molecular formula is C58H66N14O8Zn2+4. The van der Waals surface area contributed by atoms with Crippen molar-refractivity contribution in [2.24, 2.45) is 11.8 Å². The molecule has 82 heavy (non-hydrogen) atoms. The molecule has 0 aliphatic carbocycles. The van der Waals surface area contributed by atoms with E-state index in [-0.39, 0.29) is 97.1 Å². The Labute approximate surface area is 500 Å². The average molecular weight is 1220 g/mol. The van der Waals surface area contributed by atoms with Crippen molar-refractivity contribution in [3.8, 4) is 0 Å². The molecule has 0 fully saturated rings. The zero-order valence-electron chi connectivity index (χ0n) is 46.6. The molecule has 1 aliphatic rings. The first kappa shape index (κ1) is 62.1. The van der Waals surface area contributed by atoms with Gasteiger partial charge in [-0.15, -0.1) is 0 Å². The minimum absolute atomic E-state index is 0. The van der Waals surface area contributed by atoms with Gasteiger partial charge in [-0.3, -0.25) is 48.9 Å². The van der Waals surface area contributed by atoms with E-state index in [9.17, 15) is 19.2 Å². The van der Waals surface area contributed by atoms with Crippen LogP contribution in [-0.2, 0) is 65.1 Å². The predicted molar refractivity (Wildman–Crippen MR) is 289 cm³/mol. The number of pyridine rings is 4. The first-order chi connectivity index (χ1) is 38.9. The number of rotatable bonds is 20. The molecule has 8 aromatic rings. The second-order valence-corrected chi connectivity index (χ2v) is 20.6. The topological polar surface area (TPSA) is 279 Å². The average Bonchev–Trinajstić information content (AvgIpc) is 4.35. The van der Waals surface area contributed by atoms with Crippen LogP contribution in [0.3, 0.4) is 0 Å². The van der Waals surface area contributed by atoms with Crippen LogP contribution >= 0.6 is 0 Å². The van der Waals surface area contributed by atoms with Crippen LogP contribution in [-0.4, -0.2) is 86.4 Å². The van der Waals surface area contributed by atoms with Gasteiger partial charge < -0.3 is 38.9 Å². The Kier molecular flexibility index (Phi) is 23.1. The van der Waals surface area contributed by atoms with Crippen molar-refractivity contribution >= 4 is 23.6 Å². The van der Waals surface area contributed by atoms with Gasteiger partial charge in [0.25, 0.3) is 23.6 Å². The van der Waals surface area contributed by atoms with Crippen molar-refractivity contribution in [2.75, 3.05) is 13.1 Å². The zero-order chi connectivity index (χ0) is 55.8. The maximum Gasteiger partial charge on any atom is 2.00 e. The first-order valence-corrected chi connectivity index (χ1v) is 27.0. The molecule has 4 atom stereocenters. The standard InChI is InChI=1S/C58H66N14O8.2Zn/c1-37(2)27-45-57-69-47(35-79-57)51(73)63-44(20-14-26-72(31-41-17-7-11-23-61-41)32-42-18-8-12-24-62-42)56-68-50(34-78-56)54(76)66-46(28-38(3)4)58-70-48(36-80-58)52(74)64-43(55-67-49(33-77-55)53(75)65-45)19-13-25-71(29-39-15-5-9-21-59-39)30-40-16-6-10-22-60-40;;/h5-12,15-18,21-24,33-38,43-46H,13-14,19-20,25-32H2,1-4H3,(H,63,73)(H,64,74)(H,65,75)(H,66,76);;/q;2*+2/t43-,44-,45-,46-;;/m0../s1. The van der Waals surface area contributed by atoms with Gasteiger partial charge in [0.15, 0.2) is 22.8 Å². The van der Waals surface area contributed by atoms with E-state index in [0.717, 1.165) is 22.8 Å². The molecule has 8 bridgehead atoms. The molecule has 0 spiro atoms. The van der Waals surface area contributed by atoms with Gasteiger partial charge in [-0.05, 0) is 112 Å². The van der Waals surface area contributed by atoms with Crippen molar-refractivity contribution in [3.05, 3.63) is 192 Å². The summed E-state index contributed by atoms with van der Waals surface area (Å²) in [4.78, 5) is 97.8. The second kappa shape index (κ2) is 30.5. The summed E-state index contributed by atoms with van der Waals surface area (Å²) >= 11 is 0. The van der Waals surface area contributed by atoms with Crippen LogP contribution in [0, 0.1) is 11.8 Å². The van der Waals surface area contributed by atoms with Crippen molar-refractivity contribution in [3.63, 3.8) is 0 Å². The largest absolute Gasteiger partial charge is 2.00 e. The fourth-order valence-corrected chi connectivity index (χ4v) is 9.39. The van der Waals surface area contributed by atoms with Gasteiger partial charge in [-0.1, -0.05) is 52.0 Å². The fraction of sp³-hybridized carbons (Fsp3) is 0.379. The number of amides is 4. The Hall–Kier alpha value is -7.51. The summed E-state index contributed by atoms with van der Waals surface area (Å²) in [5, 5.41) is 12.0. The summed E-state index contributed by atoms with van der Waals surface area (Å²) in [7, 11) is 0. The summed E-state index contributed by atoms with van der Waals surface area (Å²) in [6.45, 7) is 11.2. The number of carbonyl (C=O) groups is 4. The number of fused-ring (bicyclic) bond motifs is 8. The molecule has 0 aromatic carbocycles. The van der Waals surface area contributed by atoms with Crippen LogP contribution in [0.25, 0.3) is 0 Å². The van der Waals surface area contributed by atoms with Gasteiger partial charge in [0.2, 0.25) is 23.6 Å². The number of carbonyl (C=O) groups excluding carboxylic acids is 4. The van der Waals surface area contributed by atoms with E-state index in [0.29, 0.717) is 77.8 Å². The normalized spacial score (nSPS) is 16.9. The van der Waals surface area contributed by atoms with Crippen LogP contribution in [0.5, 0.6) is 0 Å². The second-order valence-electron chi connectivity index (χ2n) is 20.6. The summed E-state index contributed by atoms with van der Waals surface area (Å²) in [5.74, 6) is -1.93. The number of nitrogens with one attached hydrogen (secondary N) is 4. The van der Waals surface area contributed by atoms with Crippen molar-refractivity contribution in [2.45, 2.75) is 117 Å². The Bertz CT molecular complexity index is 2950. The Morgan fingerprint density at radius 2 is 0.683 bits per heavy atom. The SMILES string of the molecule is CC(C)C[C@@H]1NC(=O)c2coc(n2)[C@H](CCCN(Cc2ccccn2)Cc2ccccn2)NC(=O)c2coc(n2)[C@H](CC(C)C)NC(=O)c2coc(n2)[C@H](CCCN(Cc2ccccn2)Cc2ccccn2)NC(=O)c2coc1n2.[Zn+2].[Zn+2]. The monoisotopic (exact) mass is 1210 g/mol. The quantitative estimate of drug-likeness (QED) is 0.0521. The van der Waals surface area contributed by atoms with E-state index in [1.54, 1.807) is 24.8 Å². The van der Waals surface area contributed by atoms with Crippen LogP contribution in [0.2, 0.25) is 0 Å². The Balaban J connectivity index is 0.00000484. The molecule has 416 valence electrons. The van der Waals surface area contributed by atoms with E-state index in [4.69, 9.17) is 17.7 Å². The van der Waals surface area contributed by atoms with E-state index in [1.807, 2.05) is 100 Å². The van der Waals surface area contributed by atoms with Crippen molar-refractivity contribution < 1.29 is 75.8 Å². The van der Waals surface area contributed by atoms with Gasteiger partial charge >= 0.3 is 39.0 Å². The maximum absolute atomic E-state index is 14.3. The van der Waals surface area contributed by atoms with Crippen molar-refractivity contribution in [1.82, 2.24) is 70.9 Å². The summed E-state index contributed by atoms with van der Waals surface area (Å²) in [6, 6.07) is 19.8. The molecule has 24 heteroatoms. The van der Waals surface area contributed by atoms with Crippen LogP contribution in [0.1, 0.15) is 179 Å². The molecule has 1 aliphatic heterocycles. The van der Waals surface area contributed by atoms with Gasteiger partial charge in [-0.2, -0.15) is 0 Å². The predicted octanol–water partition coefficient (Wildman–Crippen LogP) is 8.47. The molecule has 9 rings (SSSR count). The van der Waals surface area contributed by atoms with E-state index >= 15 is 0 Å². The van der Waals surface area contributed by atoms with Gasteiger partial charge in [0.05, 0.1) is 22.8 Å². The van der Waals surface area contributed by atoms with Gasteiger partial charge in [-0.25, -0.2) is 19.9 Å². The Morgan fingerprint density at radius 1 is 0.415 bits per heavy atom. The summed E-state index contributed by atoms with van der Waals surface area (Å²) in [6.07, 6.45) is 14.5. The molecule has 22 nitrogen and oxygen atoms in total. The van der Waals surface area contributed by atoms with Gasteiger partial charge in [0, 0.05) is 51.0 Å². The van der Waals surface area contributed by atoms with E-state index in [1.165, 1.54) is 25.1 Å². The molecule has 9 heterocycles. The molecule has 4 N–H and O–H groups in total. The molecule has 0 saturated carbocycles. The molecular weight excluding hydrogens is 1150 g/mol. The third-order valence-corrected chi connectivity index (χ3v) is 13.2. The third-order valence-electron chi connectivity index (χ3n) is 13.2. The summed E-state index contributed by atoms with van der Waals surface area (Å²) < 4.78 is 23.9. The number of hydrogen-bond donors (Lipinski definition) is 4. The first-order valence-electron chi connectivity index (χ1n) is 27.0. The van der Waals surface area contributed by atoms with Gasteiger partial charge in [0.1, 0.15) is 49.2 Å². The smallest absolute Gasteiger partial charge is 0.446 e. The van der Waals surface area contributed by atoms with Crippen LogP contribution < -0.4 is 21.3 Å². The number of hydrogen-bond acceptors (Lipinski definition) is 18. The molecule has 4 amide bonds. The fourth-order valence-electron chi connectivity index (χ4n) is 9.39. The number of aromatic nitrogens is 8. The van der Waals surface area contributed by atoms with Crippen molar-refractivity contribution in [1.29, 1.82) is 0 Å². The zero-order valence-corrected chi connectivity index (χ0v) is 52.6. The van der Waals surface area contributed by atoms with Crippen LogP contribution in [0.15, 0.2) is 140 Å². The molecule has 8 aromatic heterocycles.